The molecular formula is C12H20O2S. The molecule has 0 spiro atoms. The van der Waals surface area contributed by atoms with Crippen LogP contribution in [-0.2, 0) is 4.79 Å². The minimum atomic E-state index is -0.573. The van der Waals surface area contributed by atoms with E-state index in [4.69, 9.17) is 0 Å². The van der Waals surface area contributed by atoms with Crippen LogP contribution in [0.3, 0.4) is 0 Å². The first kappa shape index (κ1) is 11.3. The van der Waals surface area contributed by atoms with Crippen LogP contribution in [0.2, 0.25) is 0 Å². The van der Waals surface area contributed by atoms with Crippen LogP contribution in [-0.4, -0.2) is 21.1 Å². The summed E-state index contributed by atoms with van der Waals surface area (Å²) in [5.41, 5.74) is 0. The van der Waals surface area contributed by atoms with Gasteiger partial charge in [0.15, 0.2) is 0 Å². The summed E-state index contributed by atoms with van der Waals surface area (Å²) < 4.78 is -0.415. The van der Waals surface area contributed by atoms with E-state index in [0.717, 1.165) is 12.8 Å². The zero-order valence-corrected chi connectivity index (χ0v) is 10.2. The number of hydrogen-bond acceptors (Lipinski definition) is 2. The third kappa shape index (κ3) is 2.32. The molecule has 0 aliphatic heterocycles. The largest absolute Gasteiger partial charge is 0.480 e. The maximum absolute atomic E-state index is 11.3. The quantitative estimate of drug-likeness (QED) is 0.805. The summed E-state index contributed by atoms with van der Waals surface area (Å²) in [5.74, 6) is 0.0355. The molecule has 0 heterocycles. The van der Waals surface area contributed by atoms with Crippen LogP contribution in [0.5, 0.6) is 0 Å². The molecule has 0 aromatic rings. The van der Waals surface area contributed by atoms with E-state index in [0.29, 0.717) is 11.2 Å². The van der Waals surface area contributed by atoms with Gasteiger partial charge >= 0.3 is 5.97 Å². The zero-order valence-electron chi connectivity index (χ0n) is 9.37. The van der Waals surface area contributed by atoms with E-state index in [1.165, 1.54) is 32.1 Å². The van der Waals surface area contributed by atoms with Crippen molar-refractivity contribution in [1.29, 1.82) is 0 Å². The maximum Gasteiger partial charge on any atom is 0.319 e. The number of aliphatic carboxylic acids is 1. The molecule has 0 saturated heterocycles. The summed E-state index contributed by atoms with van der Waals surface area (Å²) in [5, 5.41) is 9.92. The zero-order chi connectivity index (χ0) is 10.9. The molecule has 0 unspecified atom stereocenters. The van der Waals surface area contributed by atoms with Crippen LogP contribution in [0, 0.1) is 5.92 Å². The van der Waals surface area contributed by atoms with Gasteiger partial charge in [-0.25, -0.2) is 0 Å². The average molecular weight is 228 g/mol. The fraction of sp³-hybridized carbons (Fsp3) is 0.917. The second-order valence-electron chi connectivity index (χ2n) is 5.19. The van der Waals surface area contributed by atoms with Gasteiger partial charge in [0.05, 0.1) is 0 Å². The topological polar surface area (TPSA) is 37.3 Å². The number of hydrogen-bond donors (Lipinski definition) is 1. The molecule has 2 saturated carbocycles. The number of carbonyl (C=O) groups is 1. The Kier molecular flexibility index (Phi) is 3.29. The number of carboxylic acid groups (broad SMARTS) is 1. The van der Waals surface area contributed by atoms with Crippen molar-refractivity contribution >= 4 is 17.7 Å². The van der Waals surface area contributed by atoms with Gasteiger partial charge in [-0.2, -0.15) is 0 Å². The monoisotopic (exact) mass is 228 g/mol. The fourth-order valence-corrected chi connectivity index (χ4v) is 4.96. The van der Waals surface area contributed by atoms with Gasteiger partial charge in [0.2, 0.25) is 0 Å². The van der Waals surface area contributed by atoms with Gasteiger partial charge in [0.25, 0.3) is 0 Å². The fourth-order valence-electron chi connectivity index (χ4n) is 2.89. The SMILES string of the molecule is CC1CC(SC2CCCCC2)(C(=O)O)C1. The van der Waals surface area contributed by atoms with Crippen molar-refractivity contribution in [1.82, 2.24) is 0 Å². The van der Waals surface area contributed by atoms with Crippen molar-refractivity contribution in [3.63, 3.8) is 0 Å². The Hall–Kier alpha value is -0.180. The predicted molar refractivity (Wildman–Crippen MR) is 63.2 cm³/mol. The molecule has 15 heavy (non-hydrogen) atoms. The Bertz CT molecular complexity index is 240. The van der Waals surface area contributed by atoms with Crippen LogP contribution >= 0.6 is 11.8 Å². The third-order valence-electron chi connectivity index (χ3n) is 3.69. The highest BCUT2D eigenvalue weighted by Crippen LogP contribution is 2.51. The van der Waals surface area contributed by atoms with Gasteiger partial charge in [-0.15, -0.1) is 11.8 Å². The Labute approximate surface area is 95.8 Å². The molecule has 0 amide bonds. The van der Waals surface area contributed by atoms with E-state index >= 15 is 0 Å². The molecule has 2 aliphatic rings. The lowest BCUT2D eigenvalue weighted by Crippen LogP contribution is -2.48. The van der Waals surface area contributed by atoms with Crippen LogP contribution < -0.4 is 0 Å². The Morgan fingerprint density at radius 2 is 1.87 bits per heavy atom. The minimum Gasteiger partial charge on any atom is -0.480 e. The van der Waals surface area contributed by atoms with E-state index in [9.17, 15) is 9.90 Å². The third-order valence-corrected chi connectivity index (χ3v) is 5.45. The molecule has 1 N–H and O–H groups in total. The highest BCUT2D eigenvalue weighted by molar-refractivity contribution is 8.02. The summed E-state index contributed by atoms with van der Waals surface area (Å²) in [6, 6.07) is 0. The summed E-state index contributed by atoms with van der Waals surface area (Å²) >= 11 is 1.77. The van der Waals surface area contributed by atoms with Crippen molar-refractivity contribution in [2.45, 2.75) is 61.9 Å². The molecule has 0 atom stereocenters. The molecule has 0 aromatic heterocycles. The smallest absolute Gasteiger partial charge is 0.319 e. The Balaban J connectivity index is 1.92. The summed E-state index contributed by atoms with van der Waals surface area (Å²) in [4.78, 5) is 11.3. The van der Waals surface area contributed by atoms with E-state index in [1.54, 1.807) is 11.8 Å². The molecule has 0 radical (unpaired) electrons. The van der Waals surface area contributed by atoms with Crippen molar-refractivity contribution in [3.8, 4) is 0 Å². The normalized spacial score (nSPS) is 37.3. The van der Waals surface area contributed by atoms with Crippen molar-refractivity contribution in [3.05, 3.63) is 0 Å². The first-order chi connectivity index (χ1) is 7.12. The second kappa shape index (κ2) is 4.36. The molecule has 2 fully saturated rings. The Morgan fingerprint density at radius 3 is 2.33 bits per heavy atom. The summed E-state index contributed by atoms with van der Waals surface area (Å²) in [6.45, 7) is 2.16. The first-order valence-corrected chi connectivity index (χ1v) is 6.91. The molecule has 2 aliphatic carbocycles. The van der Waals surface area contributed by atoms with Crippen molar-refractivity contribution in [2.75, 3.05) is 0 Å². The van der Waals surface area contributed by atoms with Crippen LogP contribution in [0.25, 0.3) is 0 Å². The van der Waals surface area contributed by atoms with Gasteiger partial charge in [-0.3, -0.25) is 4.79 Å². The predicted octanol–water partition coefficient (Wildman–Crippen LogP) is 3.31. The van der Waals surface area contributed by atoms with E-state index in [-0.39, 0.29) is 0 Å². The van der Waals surface area contributed by atoms with Crippen molar-refractivity contribution < 1.29 is 9.90 Å². The van der Waals surface area contributed by atoms with Gasteiger partial charge in [-0.1, -0.05) is 26.2 Å². The van der Waals surface area contributed by atoms with Gasteiger partial charge in [-0.05, 0) is 31.6 Å². The lowest BCUT2D eigenvalue weighted by molar-refractivity contribution is -0.143. The second-order valence-corrected chi connectivity index (χ2v) is 6.87. The van der Waals surface area contributed by atoms with Crippen molar-refractivity contribution in [2.24, 2.45) is 5.92 Å². The highest BCUT2D eigenvalue weighted by atomic mass is 32.2. The number of rotatable bonds is 3. The van der Waals surface area contributed by atoms with Gasteiger partial charge < -0.3 is 5.11 Å². The molecule has 2 nitrogen and oxygen atoms in total. The summed E-state index contributed by atoms with van der Waals surface area (Å²) in [6.07, 6.45) is 8.15. The molecular weight excluding hydrogens is 208 g/mol. The van der Waals surface area contributed by atoms with Crippen LogP contribution in [0.15, 0.2) is 0 Å². The lowest BCUT2D eigenvalue weighted by atomic mass is 9.75. The summed E-state index contributed by atoms with van der Waals surface area (Å²) in [7, 11) is 0. The average Bonchev–Trinajstić information content (AvgIpc) is 2.16. The maximum atomic E-state index is 11.3. The lowest BCUT2D eigenvalue weighted by Gasteiger charge is -2.44. The molecule has 0 bridgehead atoms. The van der Waals surface area contributed by atoms with Crippen LogP contribution in [0.1, 0.15) is 51.9 Å². The van der Waals surface area contributed by atoms with Gasteiger partial charge in [0.1, 0.15) is 4.75 Å². The van der Waals surface area contributed by atoms with E-state index in [1.807, 2.05) is 0 Å². The standard InChI is InChI=1S/C12H20O2S/c1-9-7-12(8-9,11(13)14)15-10-5-3-2-4-6-10/h9-10H,2-8H2,1H3,(H,13,14). The molecule has 86 valence electrons. The Morgan fingerprint density at radius 1 is 1.27 bits per heavy atom. The van der Waals surface area contributed by atoms with E-state index in [2.05, 4.69) is 6.92 Å². The highest BCUT2D eigenvalue weighted by Gasteiger charge is 2.50. The van der Waals surface area contributed by atoms with E-state index < -0.39 is 10.7 Å². The number of thioether (sulfide) groups is 1. The van der Waals surface area contributed by atoms with Crippen LogP contribution in [0.4, 0.5) is 0 Å². The first-order valence-electron chi connectivity index (χ1n) is 6.04. The molecule has 0 aromatic carbocycles. The van der Waals surface area contributed by atoms with Gasteiger partial charge in [0, 0.05) is 5.25 Å². The molecule has 2 rings (SSSR count). The number of carboxylic acids is 1. The molecule has 3 heteroatoms. The minimum absolute atomic E-state index is 0.415.